The van der Waals surface area contributed by atoms with Crippen LogP contribution in [0.15, 0.2) is 20.8 Å². The largest absolute Gasteiger partial charge is 0.465 e. The number of carbonyl (C=O) groups is 1. The number of anilines is 1. The first-order valence-corrected chi connectivity index (χ1v) is 8.34. The maximum atomic E-state index is 12.1. The van der Waals surface area contributed by atoms with E-state index in [0.717, 1.165) is 17.8 Å². The zero-order valence-corrected chi connectivity index (χ0v) is 13.0. The number of rotatable bonds is 6. The van der Waals surface area contributed by atoms with Gasteiger partial charge in [0.1, 0.15) is 4.88 Å². The molecule has 0 aliphatic rings. The van der Waals surface area contributed by atoms with E-state index in [1.807, 2.05) is 6.92 Å². The van der Waals surface area contributed by atoms with Gasteiger partial charge in [0, 0.05) is 11.8 Å². The van der Waals surface area contributed by atoms with E-state index in [-0.39, 0.29) is 15.8 Å². The third kappa shape index (κ3) is 3.58. The second-order valence-corrected chi connectivity index (χ2v) is 6.59. The number of hydrogen-bond donors (Lipinski definition) is 1. The number of nitrogens with zero attached hydrogens (tertiary/aromatic N) is 2. The van der Waals surface area contributed by atoms with Crippen molar-refractivity contribution < 1.29 is 22.4 Å². The highest BCUT2D eigenvalue weighted by Crippen LogP contribution is 2.22. The molecule has 0 saturated heterocycles. The number of aryl methyl sites for hydroxylation is 1. The molecule has 0 aliphatic heterocycles. The molecule has 0 amide bonds. The summed E-state index contributed by atoms with van der Waals surface area (Å²) >= 11 is 0.973. The van der Waals surface area contributed by atoms with Crippen molar-refractivity contribution in [1.29, 1.82) is 0 Å². The third-order valence-electron chi connectivity index (χ3n) is 2.42. The quantitative estimate of drug-likeness (QED) is 0.801. The fourth-order valence-corrected chi connectivity index (χ4v) is 3.57. The van der Waals surface area contributed by atoms with Gasteiger partial charge < -0.3 is 9.15 Å². The van der Waals surface area contributed by atoms with Crippen LogP contribution in [0.5, 0.6) is 0 Å². The number of ether oxygens (including phenoxy) is 1. The lowest BCUT2D eigenvalue weighted by molar-refractivity contribution is 0.0606. The molecule has 2 rings (SSSR count). The highest BCUT2D eigenvalue weighted by atomic mass is 32.2. The Morgan fingerprint density at radius 2 is 2.24 bits per heavy atom. The topological polar surface area (TPSA) is 111 Å². The number of sulfonamides is 1. The Morgan fingerprint density at radius 3 is 2.90 bits per heavy atom. The maximum absolute atomic E-state index is 12.1. The van der Waals surface area contributed by atoms with Gasteiger partial charge in [-0.3, -0.25) is 0 Å². The molecule has 0 aromatic carbocycles. The van der Waals surface area contributed by atoms with E-state index in [4.69, 9.17) is 4.42 Å². The molecular weight excluding hydrogens is 318 g/mol. The van der Waals surface area contributed by atoms with Crippen LogP contribution in [0.25, 0.3) is 0 Å². The van der Waals surface area contributed by atoms with Crippen molar-refractivity contribution in [2.24, 2.45) is 0 Å². The van der Waals surface area contributed by atoms with E-state index < -0.39 is 16.0 Å². The summed E-state index contributed by atoms with van der Waals surface area (Å²) in [5, 5.41) is 8.66. The molecule has 0 bridgehead atoms. The van der Waals surface area contributed by atoms with Gasteiger partial charge in [0.05, 0.1) is 12.0 Å². The van der Waals surface area contributed by atoms with Gasteiger partial charge in [0.15, 0.2) is 0 Å². The predicted octanol–water partition coefficient (Wildman–Crippen LogP) is 1.67. The molecule has 2 heterocycles. The van der Waals surface area contributed by atoms with Gasteiger partial charge in [0.2, 0.25) is 5.89 Å². The Kier molecular flexibility index (Phi) is 4.58. The number of methoxy groups -OCH3 is 1. The number of esters is 1. The normalized spacial score (nSPS) is 11.3. The SMILES string of the molecule is CCCc1nnc(NS(=O)(=O)c2csc(C(=O)OC)c2)o1. The molecule has 0 radical (unpaired) electrons. The Labute approximate surface area is 125 Å². The molecule has 21 heavy (non-hydrogen) atoms. The number of thiophene rings is 1. The molecule has 0 atom stereocenters. The first kappa shape index (κ1) is 15.4. The minimum atomic E-state index is -3.88. The third-order valence-corrected chi connectivity index (χ3v) is 4.78. The van der Waals surface area contributed by atoms with Gasteiger partial charge in [-0.2, -0.15) is 0 Å². The van der Waals surface area contributed by atoms with E-state index in [1.165, 1.54) is 18.6 Å². The van der Waals surface area contributed by atoms with Gasteiger partial charge in [-0.1, -0.05) is 12.0 Å². The highest BCUT2D eigenvalue weighted by Gasteiger charge is 2.21. The molecular formula is C11H13N3O5S2. The summed E-state index contributed by atoms with van der Waals surface area (Å²) in [6, 6.07) is 1.02. The maximum Gasteiger partial charge on any atom is 0.348 e. The van der Waals surface area contributed by atoms with Crippen LogP contribution >= 0.6 is 11.3 Å². The van der Waals surface area contributed by atoms with Crippen molar-refractivity contribution >= 4 is 33.3 Å². The van der Waals surface area contributed by atoms with Crippen LogP contribution in [0.1, 0.15) is 28.9 Å². The summed E-state index contributed by atoms with van der Waals surface area (Å²) in [6.07, 6.45) is 1.38. The van der Waals surface area contributed by atoms with Crippen molar-refractivity contribution in [3.63, 3.8) is 0 Å². The summed E-state index contributed by atoms with van der Waals surface area (Å²) in [7, 11) is -2.66. The number of carbonyl (C=O) groups excluding carboxylic acids is 1. The Balaban J connectivity index is 2.17. The first-order chi connectivity index (χ1) is 9.96. The van der Waals surface area contributed by atoms with Crippen molar-refractivity contribution in [1.82, 2.24) is 10.2 Å². The van der Waals surface area contributed by atoms with Gasteiger partial charge >= 0.3 is 12.0 Å². The van der Waals surface area contributed by atoms with Crippen LogP contribution in [0, 0.1) is 0 Å². The van der Waals surface area contributed by atoms with E-state index in [1.54, 1.807) is 0 Å². The standard InChI is InChI=1S/C11H13N3O5S2/c1-3-4-9-12-13-11(19-9)14-21(16,17)7-5-8(20-6-7)10(15)18-2/h5-6H,3-4H2,1-2H3,(H,13,14). The first-order valence-electron chi connectivity index (χ1n) is 5.98. The average Bonchev–Trinajstić information content (AvgIpc) is 3.07. The molecule has 0 spiro atoms. The second-order valence-electron chi connectivity index (χ2n) is 3.99. The molecule has 8 nitrogen and oxygen atoms in total. The van der Waals surface area contributed by atoms with Gasteiger partial charge in [-0.25, -0.2) is 17.9 Å². The Morgan fingerprint density at radius 1 is 1.48 bits per heavy atom. The fourth-order valence-electron chi connectivity index (χ4n) is 1.45. The summed E-state index contributed by atoms with van der Waals surface area (Å²) < 4.78 is 36.1. The van der Waals surface area contributed by atoms with Crippen LogP contribution in [0.3, 0.4) is 0 Å². The summed E-state index contributed by atoms with van der Waals surface area (Å²) in [6.45, 7) is 1.94. The monoisotopic (exact) mass is 331 g/mol. The molecule has 1 N–H and O–H groups in total. The van der Waals surface area contributed by atoms with Crippen molar-refractivity contribution in [3.8, 4) is 0 Å². The lowest BCUT2D eigenvalue weighted by Gasteiger charge is -2.00. The van der Waals surface area contributed by atoms with Crippen LogP contribution in [-0.4, -0.2) is 31.7 Å². The Bertz CT molecular complexity index is 735. The lowest BCUT2D eigenvalue weighted by Crippen LogP contribution is -2.12. The van der Waals surface area contributed by atoms with Crippen molar-refractivity contribution in [3.05, 3.63) is 22.2 Å². The van der Waals surface area contributed by atoms with Gasteiger partial charge in [-0.15, -0.1) is 16.4 Å². The summed E-state index contributed by atoms with van der Waals surface area (Å²) in [5.74, 6) is -0.236. The Hall–Kier alpha value is -1.94. The van der Waals surface area contributed by atoms with E-state index >= 15 is 0 Å². The van der Waals surface area contributed by atoms with E-state index in [2.05, 4.69) is 19.7 Å². The lowest BCUT2D eigenvalue weighted by atomic mass is 10.3. The zero-order valence-electron chi connectivity index (χ0n) is 11.3. The molecule has 0 unspecified atom stereocenters. The summed E-state index contributed by atoms with van der Waals surface area (Å²) in [4.78, 5) is 11.4. The molecule has 0 saturated carbocycles. The molecule has 2 aromatic heterocycles. The smallest absolute Gasteiger partial charge is 0.348 e. The van der Waals surface area contributed by atoms with Crippen LogP contribution in [-0.2, 0) is 21.2 Å². The average molecular weight is 331 g/mol. The number of hydrogen-bond acceptors (Lipinski definition) is 8. The molecule has 10 heteroatoms. The molecule has 114 valence electrons. The zero-order chi connectivity index (χ0) is 15.5. The second kappa shape index (κ2) is 6.22. The molecule has 2 aromatic rings. The number of aromatic nitrogens is 2. The minimum absolute atomic E-state index is 0.0665. The van der Waals surface area contributed by atoms with Crippen LogP contribution in [0.2, 0.25) is 0 Å². The van der Waals surface area contributed by atoms with Crippen molar-refractivity contribution in [2.75, 3.05) is 11.8 Å². The van der Waals surface area contributed by atoms with E-state index in [0.29, 0.717) is 12.3 Å². The minimum Gasteiger partial charge on any atom is -0.465 e. The number of nitrogens with one attached hydrogen (secondary N) is 1. The van der Waals surface area contributed by atoms with Crippen molar-refractivity contribution in [2.45, 2.75) is 24.7 Å². The highest BCUT2D eigenvalue weighted by molar-refractivity contribution is 7.92. The fraction of sp³-hybridized carbons (Fsp3) is 0.364. The van der Waals surface area contributed by atoms with Gasteiger partial charge in [-0.05, 0) is 12.5 Å². The van der Waals surface area contributed by atoms with Crippen LogP contribution < -0.4 is 4.72 Å². The van der Waals surface area contributed by atoms with Crippen LogP contribution in [0.4, 0.5) is 6.01 Å². The predicted molar refractivity (Wildman–Crippen MR) is 74.8 cm³/mol. The van der Waals surface area contributed by atoms with Gasteiger partial charge in [0.25, 0.3) is 10.0 Å². The molecule has 0 fully saturated rings. The molecule has 0 aliphatic carbocycles. The summed E-state index contributed by atoms with van der Waals surface area (Å²) in [5.41, 5.74) is 0. The van der Waals surface area contributed by atoms with E-state index in [9.17, 15) is 13.2 Å².